The molecule has 0 spiro atoms. The molecule has 0 amide bonds. The number of alkyl halides is 3. The fourth-order valence-electron chi connectivity index (χ4n) is 3.39. The van der Waals surface area contributed by atoms with E-state index in [1.165, 1.54) is 17.7 Å². The van der Waals surface area contributed by atoms with E-state index >= 15 is 0 Å². The van der Waals surface area contributed by atoms with Gasteiger partial charge in [0, 0.05) is 11.3 Å². The van der Waals surface area contributed by atoms with Gasteiger partial charge in [-0.05, 0) is 46.9 Å². The maximum Gasteiger partial charge on any atom is 0.416 e. The lowest BCUT2D eigenvalue weighted by Gasteiger charge is -2.09. The van der Waals surface area contributed by atoms with Gasteiger partial charge in [-0.1, -0.05) is 54.6 Å². The number of fused-ring (bicyclic) bond motifs is 1. The van der Waals surface area contributed by atoms with Crippen LogP contribution >= 0.6 is 11.8 Å². The number of benzene rings is 3. The summed E-state index contributed by atoms with van der Waals surface area (Å²) in [7, 11) is 0. The SMILES string of the molecule is O=C1c2cc(-c3ccc(C(F)(F)F)cc3)ccc2CC1SCc1ccccc1. The first-order chi connectivity index (χ1) is 13.4. The van der Waals surface area contributed by atoms with Gasteiger partial charge in [-0.2, -0.15) is 13.2 Å². The number of thioether (sulfide) groups is 1. The van der Waals surface area contributed by atoms with E-state index < -0.39 is 11.7 Å². The predicted octanol–water partition coefficient (Wildman–Crippen LogP) is 6.41. The Morgan fingerprint density at radius 3 is 2.25 bits per heavy atom. The zero-order chi connectivity index (χ0) is 19.7. The summed E-state index contributed by atoms with van der Waals surface area (Å²) in [5, 5.41) is -0.113. The number of carbonyl (C=O) groups excluding carboxylic acids is 1. The van der Waals surface area contributed by atoms with Crippen LogP contribution in [-0.4, -0.2) is 11.0 Å². The number of rotatable bonds is 4. The van der Waals surface area contributed by atoms with E-state index in [9.17, 15) is 18.0 Å². The predicted molar refractivity (Wildman–Crippen MR) is 106 cm³/mol. The molecule has 3 aromatic rings. The Labute approximate surface area is 165 Å². The molecule has 0 aliphatic heterocycles. The second-order valence-electron chi connectivity index (χ2n) is 6.80. The van der Waals surface area contributed by atoms with Crippen molar-refractivity contribution in [2.45, 2.75) is 23.6 Å². The number of halogens is 3. The van der Waals surface area contributed by atoms with Crippen molar-refractivity contribution >= 4 is 17.5 Å². The summed E-state index contributed by atoms with van der Waals surface area (Å²) in [4.78, 5) is 12.8. The molecular formula is C23H17F3OS. The van der Waals surface area contributed by atoms with E-state index in [2.05, 4.69) is 0 Å². The number of hydrogen-bond acceptors (Lipinski definition) is 2. The smallest absolute Gasteiger partial charge is 0.293 e. The van der Waals surface area contributed by atoms with Crippen molar-refractivity contribution in [3.8, 4) is 11.1 Å². The molecular weight excluding hydrogens is 381 g/mol. The third-order valence-electron chi connectivity index (χ3n) is 4.91. The molecule has 1 atom stereocenters. The van der Waals surface area contributed by atoms with E-state index in [1.54, 1.807) is 11.8 Å². The Bertz CT molecular complexity index is 995. The molecule has 0 radical (unpaired) electrons. The minimum atomic E-state index is -4.35. The fraction of sp³-hybridized carbons (Fsp3) is 0.174. The normalized spacial score (nSPS) is 16.2. The molecule has 142 valence electrons. The molecule has 1 nitrogen and oxygen atoms in total. The maximum atomic E-state index is 12.8. The second-order valence-corrected chi connectivity index (χ2v) is 7.99. The monoisotopic (exact) mass is 398 g/mol. The maximum absolute atomic E-state index is 12.8. The van der Waals surface area contributed by atoms with Crippen LogP contribution in [0.5, 0.6) is 0 Å². The molecule has 0 fully saturated rings. The Morgan fingerprint density at radius 1 is 0.893 bits per heavy atom. The van der Waals surface area contributed by atoms with Gasteiger partial charge in [0.1, 0.15) is 0 Å². The lowest BCUT2D eigenvalue weighted by molar-refractivity contribution is -0.137. The first-order valence-electron chi connectivity index (χ1n) is 8.92. The molecule has 28 heavy (non-hydrogen) atoms. The van der Waals surface area contributed by atoms with Crippen molar-refractivity contribution < 1.29 is 18.0 Å². The summed E-state index contributed by atoms with van der Waals surface area (Å²) >= 11 is 1.63. The summed E-state index contributed by atoms with van der Waals surface area (Å²) in [5.74, 6) is 0.876. The van der Waals surface area contributed by atoms with E-state index in [0.29, 0.717) is 17.5 Å². The number of ketones is 1. The van der Waals surface area contributed by atoms with Gasteiger partial charge in [0.25, 0.3) is 0 Å². The highest BCUT2D eigenvalue weighted by molar-refractivity contribution is 7.99. The first kappa shape index (κ1) is 18.8. The minimum absolute atomic E-state index is 0.102. The molecule has 0 saturated carbocycles. The quantitative estimate of drug-likeness (QED) is 0.505. The van der Waals surface area contributed by atoms with Crippen LogP contribution in [0, 0.1) is 0 Å². The number of carbonyl (C=O) groups is 1. The second kappa shape index (κ2) is 7.47. The zero-order valence-electron chi connectivity index (χ0n) is 14.9. The lowest BCUT2D eigenvalue weighted by atomic mass is 9.99. The van der Waals surface area contributed by atoms with Crippen molar-refractivity contribution in [2.24, 2.45) is 0 Å². The van der Waals surface area contributed by atoms with Gasteiger partial charge in [0.05, 0.1) is 10.8 Å². The topological polar surface area (TPSA) is 17.1 Å². The molecule has 0 bridgehead atoms. The standard InChI is InChI=1S/C23H17F3OS/c24-23(25,26)19-10-8-16(9-11-19)17-6-7-18-13-21(22(27)20(18)12-17)28-14-15-4-2-1-3-5-15/h1-12,21H,13-14H2. The van der Waals surface area contributed by atoms with Crippen molar-refractivity contribution in [1.29, 1.82) is 0 Å². The van der Waals surface area contributed by atoms with E-state index in [1.807, 2.05) is 48.5 Å². The van der Waals surface area contributed by atoms with Gasteiger partial charge in [0.2, 0.25) is 0 Å². The third-order valence-corrected chi connectivity index (χ3v) is 6.20. The number of Topliss-reactive ketones (excluding diaryl/α,β-unsaturated/α-hetero) is 1. The van der Waals surface area contributed by atoms with Crippen LogP contribution in [0.2, 0.25) is 0 Å². The van der Waals surface area contributed by atoms with Gasteiger partial charge >= 0.3 is 6.18 Å². The molecule has 0 N–H and O–H groups in total. The summed E-state index contributed by atoms with van der Waals surface area (Å²) < 4.78 is 38.2. The number of hydrogen-bond donors (Lipinski definition) is 0. The highest BCUT2D eigenvalue weighted by Crippen LogP contribution is 2.35. The van der Waals surface area contributed by atoms with Crippen LogP contribution in [-0.2, 0) is 18.3 Å². The van der Waals surface area contributed by atoms with Gasteiger partial charge in [-0.25, -0.2) is 0 Å². The van der Waals surface area contributed by atoms with Gasteiger partial charge in [-0.15, -0.1) is 11.8 Å². The molecule has 5 heteroatoms. The van der Waals surface area contributed by atoms with Gasteiger partial charge in [0.15, 0.2) is 5.78 Å². The van der Waals surface area contributed by atoms with Crippen molar-refractivity contribution in [3.05, 3.63) is 95.1 Å². The molecule has 1 unspecified atom stereocenters. The molecule has 4 rings (SSSR count). The highest BCUT2D eigenvalue weighted by atomic mass is 32.2. The average Bonchev–Trinajstić information content (AvgIpc) is 3.02. The largest absolute Gasteiger partial charge is 0.416 e. The van der Waals surface area contributed by atoms with Crippen LogP contribution in [0.25, 0.3) is 11.1 Å². The van der Waals surface area contributed by atoms with E-state index in [-0.39, 0.29) is 11.0 Å². The zero-order valence-corrected chi connectivity index (χ0v) is 15.7. The molecule has 0 saturated heterocycles. The summed E-state index contributed by atoms with van der Waals surface area (Å²) in [6.07, 6.45) is -3.66. The van der Waals surface area contributed by atoms with Crippen molar-refractivity contribution in [3.63, 3.8) is 0 Å². The Kier molecular flexibility index (Phi) is 5.02. The molecule has 1 aliphatic rings. The van der Waals surface area contributed by atoms with E-state index in [0.717, 1.165) is 29.0 Å². The lowest BCUT2D eigenvalue weighted by Crippen LogP contribution is -2.11. The van der Waals surface area contributed by atoms with Crippen LogP contribution in [0.15, 0.2) is 72.8 Å². The van der Waals surface area contributed by atoms with Gasteiger partial charge < -0.3 is 0 Å². The van der Waals surface area contributed by atoms with Crippen molar-refractivity contribution in [2.75, 3.05) is 0 Å². The average molecular weight is 398 g/mol. The Morgan fingerprint density at radius 2 is 1.57 bits per heavy atom. The van der Waals surface area contributed by atoms with E-state index in [4.69, 9.17) is 0 Å². The Balaban J connectivity index is 1.51. The van der Waals surface area contributed by atoms with Crippen LogP contribution in [0.1, 0.15) is 27.0 Å². The van der Waals surface area contributed by atoms with Crippen molar-refractivity contribution in [1.82, 2.24) is 0 Å². The molecule has 0 aromatic heterocycles. The van der Waals surface area contributed by atoms with Gasteiger partial charge in [-0.3, -0.25) is 4.79 Å². The summed E-state index contributed by atoms with van der Waals surface area (Å²) in [5.41, 5.74) is 3.63. The molecule has 1 aliphatic carbocycles. The minimum Gasteiger partial charge on any atom is -0.293 e. The molecule has 3 aromatic carbocycles. The highest BCUT2D eigenvalue weighted by Gasteiger charge is 2.32. The Hall–Kier alpha value is -2.53. The third kappa shape index (κ3) is 3.85. The molecule has 0 heterocycles. The fourth-order valence-corrected chi connectivity index (χ4v) is 4.55. The summed E-state index contributed by atoms with van der Waals surface area (Å²) in [6.45, 7) is 0. The van der Waals surface area contributed by atoms with Crippen LogP contribution < -0.4 is 0 Å². The van der Waals surface area contributed by atoms with Crippen LogP contribution in [0.3, 0.4) is 0 Å². The summed E-state index contributed by atoms with van der Waals surface area (Å²) in [6, 6.07) is 20.7. The van der Waals surface area contributed by atoms with Crippen LogP contribution in [0.4, 0.5) is 13.2 Å². The first-order valence-corrected chi connectivity index (χ1v) is 9.97.